The van der Waals surface area contributed by atoms with Crippen molar-refractivity contribution in [1.29, 1.82) is 0 Å². The molecule has 1 fully saturated rings. The third-order valence-corrected chi connectivity index (χ3v) is 4.55. The van der Waals surface area contributed by atoms with Gasteiger partial charge in [-0.2, -0.15) is 13.2 Å². The average Bonchev–Trinajstić information content (AvgIpc) is 3.19. The average molecular weight is 301 g/mol. The molecule has 0 amide bonds. The van der Waals surface area contributed by atoms with Gasteiger partial charge in [-0.15, -0.1) is 0 Å². The number of nitrogens with one attached hydrogen (secondary N) is 1. The number of rotatable bonds is 6. The number of hydrogen-bond acceptors (Lipinski definition) is 2. The van der Waals surface area contributed by atoms with E-state index in [2.05, 4.69) is 19.2 Å². The van der Waals surface area contributed by atoms with Crippen LogP contribution in [-0.2, 0) is 6.18 Å². The molecule has 2 rings (SSSR count). The number of alkyl halides is 3. The van der Waals surface area contributed by atoms with Crippen LogP contribution in [0.15, 0.2) is 24.3 Å². The Morgan fingerprint density at radius 3 is 2.19 bits per heavy atom. The highest BCUT2D eigenvalue weighted by Crippen LogP contribution is 2.51. The van der Waals surface area contributed by atoms with Gasteiger partial charge >= 0.3 is 6.18 Å². The maximum absolute atomic E-state index is 12.5. The molecule has 0 saturated heterocycles. The Hall–Kier alpha value is -1.07. The van der Waals surface area contributed by atoms with Crippen LogP contribution in [0.25, 0.3) is 0 Å². The Morgan fingerprint density at radius 1 is 1.19 bits per heavy atom. The van der Waals surface area contributed by atoms with Gasteiger partial charge in [0.15, 0.2) is 0 Å². The molecule has 1 aliphatic rings. The molecule has 1 saturated carbocycles. The van der Waals surface area contributed by atoms with Gasteiger partial charge in [0.25, 0.3) is 0 Å². The van der Waals surface area contributed by atoms with Crippen LogP contribution in [0, 0.1) is 11.3 Å². The first-order valence-corrected chi connectivity index (χ1v) is 7.30. The van der Waals surface area contributed by atoms with Crippen LogP contribution in [0.3, 0.4) is 0 Å². The van der Waals surface area contributed by atoms with Crippen LogP contribution in [0.5, 0.6) is 0 Å². The monoisotopic (exact) mass is 301 g/mol. The molecule has 2 nitrogen and oxygen atoms in total. The molecule has 21 heavy (non-hydrogen) atoms. The Morgan fingerprint density at radius 2 is 1.76 bits per heavy atom. The largest absolute Gasteiger partial charge is 0.416 e. The van der Waals surface area contributed by atoms with Gasteiger partial charge in [0.1, 0.15) is 0 Å². The van der Waals surface area contributed by atoms with Crippen molar-refractivity contribution in [3.63, 3.8) is 0 Å². The van der Waals surface area contributed by atoms with E-state index in [0.717, 1.165) is 18.7 Å². The molecule has 1 unspecified atom stereocenters. The maximum Gasteiger partial charge on any atom is 0.416 e. The summed E-state index contributed by atoms with van der Waals surface area (Å²) < 4.78 is 37.4. The highest BCUT2D eigenvalue weighted by molar-refractivity contribution is 5.26. The second kappa shape index (κ2) is 5.97. The lowest BCUT2D eigenvalue weighted by Crippen LogP contribution is -2.30. The number of hydrogen-bond donors (Lipinski definition) is 2. The molecule has 0 radical (unpaired) electrons. The minimum absolute atomic E-state index is 0.347. The third kappa shape index (κ3) is 3.98. The quantitative estimate of drug-likeness (QED) is 0.838. The van der Waals surface area contributed by atoms with Crippen molar-refractivity contribution >= 4 is 0 Å². The summed E-state index contributed by atoms with van der Waals surface area (Å²) in [5, 5.41) is 13.3. The van der Waals surface area contributed by atoms with Crippen molar-refractivity contribution in [2.24, 2.45) is 11.3 Å². The molecule has 0 bridgehead atoms. The van der Waals surface area contributed by atoms with E-state index >= 15 is 0 Å². The number of halogens is 3. The summed E-state index contributed by atoms with van der Waals surface area (Å²) in [4.78, 5) is 0. The van der Waals surface area contributed by atoms with Crippen LogP contribution >= 0.6 is 0 Å². The molecular weight excluding hydrogens is 279 g/mol. The van der Waals surface area contributed by atoms with E-state index in [1.165, 1.54) is 25.0 Å². The van der Waals surface area contributed by atoms with Gasteiger partial charge in [0.05, 0.1) is 11.7 Å². The summed E-state index contributed by atoms with van der Waals surface area (Å²) in [5.74, 6) is 0.605. The molecule has 0 spiro atoms. The zero-order valence-corrected chi connectivity index (χ0v) is 12.4. The van der Waals surface area contributed by atoms with E-state index in [1.807, 2.05) is 0 Å². The van der Waals surface area contributed by atoms with Gasteiger partial charge in [-0.05, 0) is 41.9 Å². The lowest BCUT2D eigenvalue weighted by atomic mass is 9.92. The van der Waals surface area contributed by atoms with Crippen LogP contribution in [0.1, 0.15) is 43.9 Å². The van der Waals surface area contributed by atoms with Crippen molar-refractivity contribution in [3.8, 4) is 0 Å². The maximum atomic E-state index is 12.5. The zero-order chi connectivity index (χ0) is 15.7. The number of benzene rings is 1. The van der Waals surface area contributed by atoms with Crippen molar-refractivity contribution in [1.82, 2.24) is 5.32 Å². The second-order valence-electron chi connectivity index (χ2n) is 6.28. The molecule has 118 valence electrons. The van der Waals surface area contributed by atoms with Crippen LogP contribution in [-0.4, -0.2) is 18.2 Å². The SMILES string of the molecule is CC(C)C1(CNCC(O)c2ccc(C(F)(F)F)cc2)CC1. The van der Waals surface area contributed by atoms with Crippen molar-refractivity contribution in [3.05, 3.63) is 35.4 Å². The molecule has 0 heterocycles. The summed E-state index contributed by atoms with van der Waals surface area (Å²) in [6, 6.07) is 4.69. The molecule has 1 atom stereocenters. The predicted octanol–water partition coefficient (Wildman–Crippen LogP) is 3.76. The molecule has 0 aromatic heterocycles. The molecular formula is C16H22F3NO. The number of aliphatic hydroxyl groups is 1. The van der Waals surface area contributed by atoms with E-state index in [9.17, 15) is 18.3 Å². The predicted molar refractivity (Wildman–Crippen MR) is 75.8 cm³/mol. The number of aliphatic hydroxyl groups excluding tert-OH is 1. The van der Waals surface area contributed by atoms with E-state index in [4.69, 9.17) is 0 Å². The van der Waals surface area contributed by atoms with E-state index < -0.39 is 17.8 Å². The molecule has 1 aromatic rings. The third-order valence-electron chi connectivity index (χ3n) is 4.55. The van der Waals surface area contributed by atoms with Crippen LogP contribution < -0.4 is 5.32 Å². The molecule has 1 aromatic carbocycles. The Labute approximate surface area is 123 Å². The summed E-state index contributed by atoms with van der Waals surface area (Å²) in [6.45, 7) is 5.60. The van der Waals surface area contributed by atoms with Gasteiger partial charge in [-0.1, -0.05) is 26.0 Å². The normalized spacial score (nSPS) is 18.8. The van der Waals surface area contributed by atoms with Crippen LogP contribution in [0.2, 0.25) is 0 Å². The molecule has 0 aliphatic heterocycles. The van der Waals surface area contributed by atoms with Crippen molar-refractivity contribution < 1.29 is 18.3 Å². The summed E-state index contributed by atoms with van der Waals surface area (Å²) in [6.07, 6.45) is -2.71. The Bertz CT molecular complexity index is 463. The molecule has 5 heteroatoms. The lowest BCUT2D eigenvalue weighted by molar-refractivity contribution is -0.137. The summed E-state index contributed by atoms with van der Waals surface area (Å²) in [5.41, 5.74) is 0.160. The van der Waals surface area contributed by atoms with Gasteiger partial charge < -0.3 is 10.4 Å². The zero-order valence-electron chi connectivity index (χ0n) is 12.4. The standard InChI is InChI=1S/C16H22F3NO/c1-11(2)15(7-8-15)10-20-9-14(21)12-3-5-13(6-4-12)16(17,18)19/h3-6,11,14,20-21H,7-10H2,1-2H3. The first kappa shape index (κ1) is 16.3. The molecule has 2 N–H and O–H groups in total. The topological polar surface area (TPSA) is 32.3 Å². The minimum atomic E-state index is -4.34. The lowest BCUT2D eigenvalue weighted by Gasteiger charge is -2.21. The smallest absolute Gasteiger partial charge is 0.387 e. The Balaban J connectivity index is 1.85. The van der Waals surface area contributed by atoms with E-state index in [-0.39, 0.29) is 0 Å². The van der Waals surface area contributed by atoms with Crippen molar-refractivity contribution in [2.45, 2.75) is 39.0 Å². The van der Waals surface area contributed by atoms with Crippen LogP contribution in [0.4, 0.5) is 13.2 Å². The fraction of sp³-hybridized carbons (Fsp3) is 0.625. The highest BCUT2D eigenvalue weighted by atomic mass is 19.4. The van der Waals surface area contributed by atoms with Gasteiger partial charge in [0, 0.05) is 13.1 Å². The van der Waals surface area contributed by atoms with Gasteiger partial charge in [0.2, 0.25) is 0 Å². The van der Waals surface area contributed by atoms with Crippen molar-refractivity contribution in [2.75, 3.05) is 13.1 Å². The summed E-state index contributed by atoms with van der Waals surface area (Å²) >= 11 is 0. The van der Waals surface area contributed by atoms with Gasteiger partial charge in [-0.25, -0.2) is 0 Å². The molecule has 1 aliphatic carbocycles. The highest BCUT2D eigenvalue weighted by Gasteiger charge is 2.44. The summed E-state index contributed by atoms with van der Waals surface area (Å²) in [7, 11) is 0. The Kier molecular flexibility index (Phi) is 4.63. The van der Waals surface area contributed by atoms with E-state index in [1.54, 1.807) is 0 Å². The first-order chi connectivity index (χ1) is 9.74. The fourth-order valence-corrected chi connectivity index (χ4v) is 2.59. The first-order valence-electron chi connectivity index (χ1n) is 7.30. The minimum Gasteiger partial charge on any atom is -0.387 e. The second-order valence-corrected chi connectivity index (χ2v) is 6.28. The van der Waals surface area contributed by atoms with Gasteiger partial charge in [-0.3, -0.25) is 0 Å². The fourth-order valence-electron chi connectivity index (χ4n) is 2.59. The van der Waals surface area contributed by atoms with E-state index in [0.29, 0.717) is 23.4 Å².